The molecule has 0 spiro atoms. The lowest BCUT2D eigenvalue weighted by atomic mass is 10.1. The zero-order valence-corrected chi connectivity index (χ0v) is 14.6. The summed E-state index contributed by atoms with van der Waals surface area (Å²) in [7, 11) is -3.08. The van der Waals surface area contributed by atoms with E-state index >= 15 is 0 Å². The minimum Gasteiger partial charge on any atom is -0.367 e. The largest absolute Gasteiger partial charge is 0.367 e. The van der Waals surface area contributed by atoms with E-state index in [1.165, 1.54) is 16.7 Å². The smallest absolute Gasteiger partial charge is 0.211 e. The average molecular weight is 340 g/mol. The molecule has 1 saturated heterocycles. The van der Waals surface area contributed by atoms with Crippen LogP contribution in [0.3, 0.4) is 0 Å². The zero-order valence-electron chi connectivity index (χ0n) is 13.0. The van der Waals surface area contributed by atoms with E-state index in [1.807, 2.05) is 0 Å². The number of anilines is 1. The highest BCUT2D eigenvalue weighted by Gasteiger charge is 2.25. The van der Waals surface area contributed by atoms with Gasteiger partial charge in [0, 0.05) is 24.0 Å². The van der Waals surface area contributed by atoms with Crippen LogP contribution in [0.1, 0.15) is 23.3 Å². The van der Waals surface area contributed by atoms with Gasteiger partial charge in [0.2, 0.25) is 10.0 Å². The van der Waals surface area contributed by atoms with Gasteiger partial charge in [-0.2, -0.15) is 0 Å². The van der Waals surface area contributed by atoms with Crippen LogP contribution in [0.4, 0.5) is 5.82 Å². The Morgan fingerprint density at radius 1 is 1.27 bits per heavy atom. The number of nitrogens with zero attached hydrogens (tertiary/aromatic N) is 3. The predicted octanol–water partition coefficient (Wildman–Crippen LogP) is 2.14. The van der Waals surface area contributed by atoms with E-state index in [-0.39, 0.29) is 6.04 Å². The SMILES string of the molecule is Cc1sc2ncnc(NC3CCN(S(C)(=O)=O)CC3)c2c1C. The summed E-state index contributed by atoms with van der Waals surface area (Å²) in [6.45, 7) is 5.31. The summed E-state index contributed by atoms with van der Waals surface area (Å²) in [6.07, 6.45) is 4.44. The van der Waals surface area contributed by atoms with Crippen molar-refractivity contribution in [1.82, 2.24) is 14.3 Å². The standard InChI is InChI=1S/C14H20N4O2S2/c1-9-10(2)21-14-12(9)13(15-8-16-14)17-11-4-6-18(7-5-11)22(3,19)20/h8,11H,4-7H2,1-3H3,(H,15,16,17). The van der Waals surface area contributed by atoms with Gasteiger partial charge in [0.1, 0.15) is 17.0 Å². The van der Waals surface area contributed by atoms with Crippen molar-refractivity contribution >= 4 is 37.4 Å². The molecule has 22 heavy (non-hydrogen) atoms. The molecule has 1 aliphatic rings. The van der Waals surface area contributed by atoms with Crippen LogP contribution in [0, 0.1) is 13.8 Å². The van der Waals surface area contributed by atoms with Crippen LogP contribution in [0.5, 0.6) is 0 Å². The van der Waals surface area contributed by atoms with Crippen molar-refractivity contribution in [1.29, 1.82) is 0 Å². The highest BCUT2D eigenvalue weighted by molar-refractivity contribution is 7.88. The molecular formula is C14H20N4O2S2. The molecule has 0 amide bonds. The van der Waals surface area contributed by atoms with Gasteiger partial charge in [0.15, 0.2) is 0 Å². The molecule has 6 nitrogen and oxygen atoms in total. The first-order valence-corrected chi connectivity index (χ1v) is 9.95. The Labute approximate surface area is 134 Å². The van der Waals surface area contributed by atoms with Crippen LogP contribution in [0.25, 0.3) is 10.2 Å². The maximum absolute atomic E-state index is 11.6. The van der Waals surface area contributed by atoms with Crippen molar-refractivity contribution in [2.45, 2.75) is 32.7 Å². The van der Waals surface area contributed by atoms with Gasteiger partial charge in [-0.05, 0) is 32.3 Å². The number of hydrogen-bond acceptors (Lipinski definition) is 6. The highest BCUT2D eigenvalue weighted by atomic mass is 32.2. The number of aryl methyl sites for hydroxylation is 2. The fraction of sp³-hybridized carbons (Fsp3) is 0.571. The number of hydrogen-bond donors (Lipinski definition) is 1. The lowest BCUT2D eigenvalue weighted by Gasteiger charge is -2.31. The van der Waals surface area contributed by atoms with Crippen molar-refractivity contribution in [3.05, 3.63) is 16.8 Å². The maximum atomic E-state index is 11.6. The summed E-state index contributed by atoms with van der Waals surface area (Å²) in [6, 6.07) is 0.246. The molecule has 2 aromatic rings. The second-order valence-corrected chi connectivity index (χ2v) is 8.95. The third kappa shape index (κ3) is 2.95. The fourth-order valence-corrected chi connectivity index (χ4v) is 4.69. The Balaban J connectivity index is 1.78. The van der Waals surface area contributed by atoms with Crippen LogP contribution in [0.15, 0.2) is 6.33 Å². The topological polar surface area (TPSA) is 75.2 Å². The van der Waals surface area contributed by atoms with E-state index in [2.05, 4.69) is 29.1 Å². The minimum atomic E-state index is -3.08. The Kier molecular flexibility index (Phi) is 4.09. The Bertz CT molecular complexity index is 793. The van der Waals surface area contributed by atoms with Crippen molar-refractivity contribution in [3.63, 3.8) is 0 Å². The van der Waals surface area contributed by atoms with E-state index in [9.17, 15) is 8.42 Å². The van der Waals surface area contributed by atoms with Crippen molar-refractivity contribution < 1.29 is 8.42 Å². The van der Waals surface area contributed by atoms with Gasteiger partial charge in [0.25, 0.3) is 0 Å². The zero-order chi connectivity index (χ0) is 15.9. The molecule has 0 atom stereocenters. The van der Waals surface area contributed by atoms with Crippen LogP contribution >= 0.6 is 11.3 Å². The number of thiophene rings is 1. The molecular weight excluding hydrogens is 320 g/mol. The third-order valence-corrected chi connectivity index (χ3v) is 6.65. The van der Waals surface area contributed by atoms with E-state index in [0.29, 0.717) is 13.1 Å². The molecule has 1 fully saturated rings. The third-order valence-electron chi connectivity index (χ3n) is 4.23. The van der Waals surface area contributed by atoms with Crippen molar-refractivity contribution in [3.8, 4) is 0 Å². The Morgan fingerprint density at radius 2 is 1.95 bits per heavy atom. The molecule has 3 heterocycles. The monoisotopic (exact) mass is 340 g/mol. The van der Waals surface area contributed by atoms with Crippen molar-refractivity contribution in [2.24, 2.45) is 0 Å². The van der Waals surface area contributed by atoms with Gasteiger partial charge in [-0.15, -0.1) is 11.3 Å². The number of rotatable bonds is 3. The fourth-order valence-electron chi connectivity index (χ4n) is 2.82. The summed E-state index contributed by atoms with van der Waals surface area (Å²) < 4.78 is 24.7. The first-order valence-electron chi connectivity index (χ1n) is 7.28. The average Bonchev–Trinajstić information content (AvgIpc) is 2.75. The lowest BCUT2D eigenvalue weighted by molar-refractivity contribution is 0.331. The molecule has 3 rings (SSSR count). The van der Waals surface area contributed by atoms with Gasteiger partial charge in [0.05, 0.1) is 11.6 Å². The molecule has 0 unspecified atom stereocenters. The Hall–Kier alpha value is -1.25. The van der Waals surface area contributed by atoms with Crippen LogP contribution in [0.2, 0.25) is 0 Å². The van der Waals surface area contributed by atoms with Gasteiger partial charge in [-0.1, -0.05) is 0 Å². The normalized spacial score (nSPS) is 18.0. The van der Waals surface area contributed by atoms with E-state index in [0.717, 1.165) is 28.9 Å². The molecule has 0 aromatic carbocycles. The minimum absolute atomic E-state index is 0.246. The summed E-state index contributed by atoms with van der Waals surface area (Å²) >= 11 is 1.68. The van der Waals surface area contributed by atoms with Crippen LogP contribution in [-0.2, 0) is 10.0 Å². The predicted molar refractivity (Wildman–Crippen MR) is 90.0 cm³/mol. The number of piperidine rings is 1. The molecule has 0 aliphatic carbocycles. The van der Waals surface area contributed by atoms with Gasteiger partial charge in [-0.25, -0.2) is 22.7 Å². The maximum Gasteiger partial charge on any atom is 0.211 e. The number of fused-ring (bicyclic) bond motifs is 1. The van der Waals surface area contributed by atoms with Gasteiger partial charge in [-0.3, -0.25) is 0 Å². The molecule has 1 N–H and O–H groups in total. The Morgan fingerprint density at radius 3 is 2.59 bits per heavy atom. The van der Waals surface area contributed by atoms with Crippen LogP contribution < -0.4 is 5.32 Å². The summed E-state index contributed by atoms with van der Waals surface area (Å²) in [5.41, 5.74) is 1.22. The van der Waals surface area contributed by atoms with E-state index < -0.39 is 10.0 Å². The number of aromatic nitrogens is 2. The molecule has 8 heteroatoms. The first-order chi connectivity index (χ1) is 10.4. The van der Waals surface area contributed by atoms with Gasteiger partial charge < -0.3 is 5.32 Å². The van der Waals surface area contributed by atoms with E-state index in [1.54, 1.807) is 22.0 Å². The van der Waals surface area contributed by atoms with Gasteiger partial charge >= 0.3 is 0 Å². The number of nitrogens with one attached hydrogen (secondary N) is 1. The molecule has 1 aliphatic heterocycles. The number of sulfonamides is 1. The molecule has 0 radical (unpaired) electrons. The quantitative estimate of drug-likeness (QED) is 0.926. The molecule has 0 saturated carbocycles. The van der Waals surface area contributed by atoms with Crippen molar-refractivity contribution in [2.75, 3.05) is 24.7 Å². The highest BCUT2D eigenvalue weighted by Crippen LogP contribution is 2.33. The lowest BCUT2D eigenvalue weighted by Crippen LogP contribution is -2.41. The summed E-state index contributed by atoms with van der Waals surface area (Å²) in [4.78, 5) is 11.0. The second kappa shape index (κ2) is 5.75. The van der Waals surface area contributed by atoms with E-state index in [4.69, 9.17) is 0 Å². The molecule has 0 bridgehead atoms. The van der Waals surface area contributed by atoms with Crippen LogP contribution in [-0.4, -0.2) is 48.1 Å². The molecule has 2 aromatic heterocycles. The molecule has 120 valence electrons. The second-order valence-electron chi connectivity index (χ2n) is 5.77. The summed E-state index contributed by atoms with van der Waals surface area (Å²) in [5, 5.41) is 4.58. The summed E-state index contributed by atoms with van der Waals surface area (Å²) in [5.74, 6) is 0.865. The first kappa shape index (κ1) is 15.6.